The van der Waals surface area contributed by atoms with Gasteiger partial charge in [0.05, 0.1) is 11.3 Å². The first-order chi connectivity index (χ1) is 11.4. The topological polar surface area (TPSA) is 104 Å². The van der Waals surface area contributed by atoms with Gasteiger partial charge in [-0.05, 0) is 36.4 Å². The third-order valence-corrected chi connectivity index (χ3v) is 3.29. The van der Waals surface area contributed by atoms with Crippen LogP contribution in [0.25, 0.3) is 5.76 Å². The van der Waals surface area contributed by atoms with Crippen molar-refractivity contribution in [3.8, 4) is 0 Å². The molecule has 0 spiro atoms. The molecule has 2 aromatic rings. The van der Waals surface area contributed by atoms with Gasteiger partial charge in [0.1, 0.15) is 5.76 Å². The number of amides is 1. The van der Waals surface area contributed by atoms with Gasteiger partial charge in [-0.15, -0.1) is 0 Å². The molecule has 6 nitrogen and oxygen atoms in total. The normalized spacial score (nSPS) is 11.0. The average Bonchev–Trinajstić information content (AvgIpc) is 2.55. The van der Waals surface area contributed by atoms with Crippen LogP contribution < -0.4 is 5.32 Å². The third-order valence-electron chi connectivity index (χ3n) is 3.04. The molecule has 3 N–H and O–H groups in total. The van der Waals surface area contributed by atoms with Crippen molar-refractivity contribution in [3.05, 3.63) is 70.8 Å². The molecule has 0 aromatic heterocycles. The molecule has 0 bridgehead atoms. The second-order valence-electron chi connectivity index (χ2n) is 4.71. The van der Waals surface area contributed by atoms with E-state index in [1.807, 2.05) is 0 Å². The number of ketones is 1. The minimum absolute atomic E-state index is 0.0114. The number of anilines is 1. The Morgan fingerprint density at radius 3 is 2.21 bits per heavy atom. The molecule has 0 radical (unpaired) electrons. The SMILES string of the molecule is O=C(/C=C(\O)c1ccc(Cl)cc1)C(=O)Nc1ccccc1C(=O)O. The number of carbonyl (C=O) groups excluding carboxylic acids is 2. The summed E-state index contributed by atoms with van der Waals surface area (Å²) in [4.78, 5) is 34.8. The highest BCUT2D eigenvalue weighted by Crippen LogP contribution is 2.17. The van der Waals surface area contributed by atoms with Crippen LogP contribution in [0.2, 0.25) is 5.02 Å². The summed E-state index contributed by atoms with van der Waals surface area (Å²) in [7, 11) is 0. The minimum Gasteiger partial charge on any atom is -0.507 e. The number of aromatic carboxylic acids is 1. The number of nitrogens with one attached hydrogen (secondary N) is 1. The van der Waals surface area contributed by atoms with E-state index < -0.39 is 23.4 Å². The zero-order valence-electron chi connectivity index (χ0n) is 12.2. The van der Waals surface area contributed by atoms with Crippen molar-refractivity contribution >= 4 is 40.7 Å². The van der Waals surface area contributed by atoms with Crippen molar-refractivity contribution in [1.82, 2.24) is 0 Å². The molecule has 0 fully saturated rings. The lowest BCUT2D eigenvalue weighted by Crippen LogP contribution is -2.22. The van der Waals surface area contributed by atoms with Crippen molar-refractivity contribution in [1.29, 1.82) is 0 Å². The van der Waals surface area contributed by atoms with Crippen LogP contribution in [-0.2, 0) is 9.59 Å². The van der Waals surface area contributed by atoms with E-state index in [9.17, 15) is 19.5 Å². The van der Waals surface area contributed by atoms with E-state index in [0.29, 0.717) is 10.6 Å². The van der Waals surface area contributed by atoms with Gasteiger partial charge in [-0.25, -0.2) is 4.79 Å². The molecule has 7 heteroatoms. The summed E-state index contributed by atoms with van der Waals surface area (Å²) in [5.41, 5.74) is 0.152. The highest BCUT2D eigenvalue weighted by Gasteiger charge is 2.17. The van der Waals surface area contributed by atoms with Crippen LogP contribution in [0.15, 0.2) is 54.6 Å². The van der Waals surface area contributed by atoms with Crippen molar-refractivity contribution in [2.75, 3.05) is 5.32 Å². The molecule has 1 amide bonds. The molecule has 0 aliphatic rings. The number of carbonyl (C=O) groups is 3. The second kappa shape index (κ2) is 7.43. The van der Waals surface area contributed by atoms with E-state index in [0.717, 1.165) is 6.08 Å². The highest BCUT2D eigenvalue weighted by molar-refractivity contribution is 6.45. The average molecular weight is 346 g/mol. The fourth-order valence-corrected chi connectivity index (χ4v) is 1.98. The van der Waals surface area contributed by atoms with Crippen LogP contribution in [0, 0.1) is 0 Å². The number of carboxylic acid groups (broad SMARTS) is 1. The number of para-hydroxylation sites is 1. The van der Waals surface area contributed by atoms with E-state index in [4.69, 9.17) is 16.7 Å². The predicted octanol–water partition coefficient (Wildman–Crippen LogP) is 3.14. The van der Waals surface area contributed by atoms with Crippen LogP contribution in [0.4, 0.5) is 5.69 Å². The molecular weight excluding hydrogens is 334 g/mol. The lowest BCUT2D eigenvalue weighted by molar-refractivity contribution is -0.131. The van der Waals surface area contributed by atoms with E-state index >= 15 is 0 Å². The Hall–Kier alpha value is -3.12. The van der Waals surface area contributed by atoms with E-state index in [1.165, 1.54) is 48.5 Å². The molecular formula is C17H12ClNO5. The number of aliphatic hydroxyl groups is 1. The van der Waals surface area contributed by atoms with E-state index in [2.05, 4.69) is 5.32 Å². The molecule has 0 atom stereocenters. The quantitative estimate of drug-likeness (QED) is 0.439. The molecule has 2 aromatic carbocycles. The van der Waals surface area contributed by atoms with Crippen LogP contribution in [-0.4, -0.2) is 27.9 Å². The van der Waals surface area contributed by atoms with Crippen molar-refractivity contribution < 1.29 is 24.6 Å². The highest BCUT2D eigenvalue weighted by atomic mass is 35.5. The van der Waals surface area contributed by atoms with E-state index in [1.54, 1.807) is 0 Å². The van der Waals surface area contributed by atoms with Gasteiger partial charge < -0.3 is 15.5 Å². The van der Waals surface area contributed by atoms with Gasteiger partial charge in [0.2, 0.25) is 5.78 Å². The molecule has 24 heavy (non-hydrogen) atoms. The molecule has 0 heterocycles. The summed E-state index contributed by atoms with van der Waals surface area (Å²) in [5, 5.41) is 21.6. The van der Waals surface area contributed by atoms with Gasteiger partial charge in [-0.3, -0.25) is 9.59 Å². The zero-order valence-corrected chi connectivity index (χ0v) is 12.9. The smallest absolute Gasteiger partial charge is 0.337 e. The first-order valence-electron chi connectivity index (χ1n) is 6.72. The van der Waals surface area contributed by atoms with Gasteiger partial charge in [-0.2, -0.15) is 0 Å². The molecule has 0 aliphatic heterocycles. The third kappa shape index (κ3) is 4.21. The summed E-state index contributed by atoms with van der Waals surface area (Å²) >= 11 is 5.72. The first-order valence-corrected chi connectivity index (χ1v) is 7.10. The number of hydrogen-bond acceptors (Lipinski definition) is 4. The van der Waals surface area contributed by atoms with Crippen molar-refractivity contribution in [2.45, 2.75) is 0 Å². The first kappa shape index (κ1) is 17.2. The van der Waals surface area contributed by atoms with Gasteiger partial charge in [-0.1, -0.05) is 23.7 Å². The molecule has 122 valence electrons. The number of benzene rings is 2. The summed E-state index contributed by atoms with van der Waals surface area (Å²) in [6.45, 7) is 0. The monoisotopic (exact) mass is 345 g/mol. The lowest BCUT2D eigenvalue weighted by atomic mass is 10.1. The summed E-state index contributed by atoms with van der Waals surface area (Å²) in [5.74, 6) is -3.73. The van der Waals surface area contributed by atoms with Gasteiger partial charge >= 0.3 is 5.97 Å². The Labute approximate surface area is 142 Å². The zero-order chi connectivity index (χ0) is 17.7. The van der Waals surface area contributed by atoms with E-state index in [-0.39, 0.29) is 11.3 Å². The standard InChI is InChI=1S/C17H12ClNO5/c18-11-7-5-10(6-8-11)14(20)9-15(21)16(22)19-13-4-2-1-3-12(13)17(23)24/h1-9,20H,(H,19,22)(H,23,24)/b14-9-. The Morgan fingerprint density at radius 2 is 1.58 bits per heavy atom. The molecule has 0 unspecified atom stereocenters. The minimum atomic E-state index is -1.24. The Bertz CT molecular complexity index is 827. The number of halogens is 1. The Kier molecular flexibility index (Phi) is 5.34. The molecule has 0 aliphatic carbocycles. The second-order valence-corrected chi connectivity index (χ2v) is 5.14. The van der Waals surface area contributed by atoms with Crippen LogP contribution >= 0.6 is 11.6 Å². The van der Waals surface area contributed by atoms with Crippen LogP contribution in [0.3, 0.4) is 0 Å². The van der Waals surface area contributed by atoms with Crippen LogP contribution in [0.5, 0.6) is 0 Å². The number of hydrogen-bond donors (Lipinski definition) is 3. The summed E-state index contributed by atoms with van der Waals surface area (Å²) in [6.07, 6.45) is 0.752. The number of rotatable bonds is 5. The van der Waals surface area contributed by atoms with Gasteiger partial charge in [0, 0.05) is 16.7 Å². The van der Waals surface area contributed by atoms with Gasteiger partial charge in [0.15, 0.2) is 0 Å². The van der Waals surface area contributed by atoms with Crippen molar-refractivity contribution in [3.63, 3.8) is 0 Å². The van der Waals surface area contributed by atoms with Gasteiger partial charge in [0.25, 0.3) is 5.91 Å². The fraction of sp³-hybridized carbons (Fsp3) is 0. The maximum Gasteiger partial charge on any atom is 0.337 e. The van der Waals surface area contributed by atoms with Crippen LogP contribution in [0.1, 0.15) is 15.9 Å². The maximum atomic E-state index is 11.9. The fourth-order valence-electron chi connectivity index (χ4n) is 1.86. The Morgan fingerprint density at radius 1 is 0.958 bits per heavy atom. The predicted molar refractivity (Wildman–Crippen MR) is 89.1 cm³/mol. The largest absolute Gasteiger partial charge is 0.507 e. The van der Waals surface area contributed by atoms with Crippen molar-refractivity contribution in [2.24, 2.45) is 0 Å². The Balaban J connectivity index is 2.15. The maximum absolute atomic E-state index is 11.9. The number of aliphatic hydroxyl groups excluding tert-OH is 1. The molecule has 0 saturated carbocycles. The number of carboxylic acids is 1. The lowest BCUT2D eigenvalue weighted by Gasteiger charge is -2.06. The summed E-state index contributed by atoms with van der Waals surface area (Å²) in [6, 6.07) is 11.7. The summed E-state index contributed by atoms with van der Waals surface area (Å²) < 4.78 is 0. The molecule has 0 saturated heterocycles. The molecule has 2 rings (SSSR count).